The van der Waals surface area contributed by atoms with Crippen LogP contribution in [0.5, 0.6) is 0 Å². The number of carbonyl (C=O) groups is 2. The summed E-state index contributed by atoms with van der Waals surface area (Å²) in [6, 6.07) is -1.61. The van der Waals surface area contributed by atoms with Crippen LogP contribution in [-0.4, -0.2) is 127 Å². The van der Waals surface area contributed by atoms with Gasteiger partial charge in [-0.3, -0.25) is 4.90 Å². The molecule has 3 amide bonds. The van der Waals surface area contributed by atoms with Crippen molar-refractivity contribution >= 4 is 12.1 Å². The van der Waals surface area contributed by atoms with Crippen LogP contribution in [0.25, 0.3) is 0 Å². The largest absolute Gasteiger partial charge is 0.460 e. The molecule has 0 aromatic heterocycles. The molecule has 0 heterocycles. The maximum Gasteiger partial charge on any atom is 0.460 e. The number of halogens is 17. The Balaban J connectivity index is 0. The second-order valence-corrected chi connectivity index (χ2v) is 13.5. The molecule has 328 valence electrons. The average Bonchev–Trinajstić information content (AvgIpc) is 3.01. The molecule has 1 aliphatic carbocycles. The quantitative estimate of drug-likeness (QED) is 0.0562. The summed E-state index contributed by atoms with van der Waals surface area (Å²) in [6.07, 6.45) is -11.9. The molecule has 0 aromatic carbocycles. The van der Waals surface area contributed by atoms with E-state index >= 15 is 0 Å². The van der Waals surface area contributed by atoms with E-state index in [0.717, 1.165) is 0 Å². The summed E-state index contributed by atoms with van der Waals surface area (Å²) in [6.45, 7) is 8.56. The first-order valence-corrected chi connectivity index (χ1v) is 15.6. The Kier molecular flexibility index (Phi) is 17.1. The highest BCUT2D eigenvalue weighted by Gasteiger charge is 2.95. The zero-order valence-corrected chi connectivity index (χ0v) is 29.3. The summed E-state index contributed by atoms with van der Waals surface area (Å²) in [5.74, 6) is -57.3. The fraction of sp³-hybridized carbons (Fsp3) is 0.862. The predicted molar refractivity (Wildman–Crippen MR) is 160 cm³/mol. The first-order chi connectivity index (χ1) is 24.5. The van der Waals surface area contributed by atoms with Crippen molar-refractivity contribution in [2.75, 3.05) is 46.1 Å². The molecule has 0 radical (unpaired) electrons. The Morgan fingerprint density at radius 1 is 0.727 bits per heavy atom. The summed E-state index contributed by atoms with van der Waals surface area (Å²) in [7, 11) is 0. The number of nitrogens with one attached hydrogen (secondary N) is 3. The maximum absolute atomic E-state index is 14.2. The van der Waals surface area contributed by atoms with Crippen LogP contribution >= 0.6 is 0 Å². The van der Waals surface area contributed by atoms with Crippen molar-refractivity contribution in [1.29, 1.82) is 0 Å². The van der Waals surface area contributed by atoms with Gasteiger partial charge in [0.25, 0.3) is 0 Å². The minimum absolute atomic E-state index is 0. The van der Waals surface area contributed by atoms with E-state index in [1.807, 2.05) is 0 Å². The summed E-state index contributed by atoms with van der Waals surface area (Å²) < 4.78 is 233. The molecule has 9 nitrogen and oxygen atoms in total. The van der Waals surface area contributed by atoms with E-state index in [9.17, 15) is 84.2 Å². The number of ether oxygens (including phenoxy) is 1. The molecule has 0 aromatic rings. The monoisotopic (exact) mass is 850 g/mol. The fourth-order valence-corrected chi connectivity index (χ4v) is 5.80. The number of hydrogen-bond donors (Lipinski definition) is 5. The third-order valence-electron chi connectivity index (χ3n) is 8.17. The number of aliphatic hydroxyl groups is 2. The number of urea groups is 1. The van der Waals surface area contributed by atoms with Crippen LogP contribution in [0.3, 0.4) is 0 Å². The molecular weight excluding hydrogens is 807 g/mol. The highest BCUT2D eigenvalue weighted by atomic mass is 19.4. The third-order valence-corrected chi connectivity index (χ3v) is 8.17. The van der Waals surface area contributed by atoms with Crippen molar-refractivity contribution in [2.24, 2.45) is 10.8 Å². The molecule has 0 bridgehead atoms. The summed E-state index contributed by atoms with van der Waals surface area (Å²) in [5.41, 5.74) is -1.45. The van der Waals surface area contributed by atoms with E-state index < -0.39 is 89.7 Å². The van der Waals surface area contributed by atoms with Crippen molar-refractivity contribution in [1.82, 2.24) is 20.9 Å². The van der Waals surface area contributed by atoms with E-state index in [2.05, 4.69) is 33.8 Å². The molecule has 55 heavy (non-hydrogen) atoms. The molecule has 5 N–H and O–H groups in total. The molecule has 1 saturated carbocycles. The van der Waals surface area contributed by atoms with Crippen LogP contribution in [0.4, 0.5) is 84.2 Å². The Morgan fingerprint density at radius 2 is 1.16 bits per heavy atom. The molecule has 0 spiro atoms. The first kappa shape index (κ1) is 52.0. The number of amides is 3. The van der Waals surface area contributed by atoms with Gasteiger partial charge < -0.3 is 30.9 Å². The Labute approximate surface area is 304 Å². The number of carbonyl (C=O) groups excluding carboxylic acids is 2. The van der Waals surface area contributed by atoms with Gasteiger partial charge in [0, 0.05) is 27.1 Å². The Bertz CT molecular complexity index is 1270. The number of rotatable bonds is 18. The van der Waals surface area contributed by atoms with Crippen LogP contribution < -0.4 is 16.0 Å². The smallest absolute Gasteiger partial charge is 0.449 e. The number of hydrogen-bond acceptors (Lipinski definition) is 6. The highest BCUT2D eigenvalue weighted by molar-refractivity contribution is 5.73. The van der Waals surface area contributed by atoms with Gasteiger partial charge in [-0.1, -0.05) is 20.8 Å². The van der Waals surface area contributed by atoms with Gasteiger partial charge in [0.15, 0.2) is 0 Å². The van der Waals surface area contributed by atoms with Gasteiger partial charge >= 0.3 is 59.8 Å². The molecule has 1 aliphatic rings. The van der Waals surface area contributed by atoms with E-state index in [1.165, 1.54) is 4.90 Å². The second-order valence-electron chi connectivity index (χ2n) is 13.5. The van der Waals surface area contributed by atoms with Gasteiger partial charge in [-0.2, -0.15) is 74.6 Å². The van der Waals surface area contributed by atoms with Gasteiger partial charge in [0.1, 0.15) is 0 Å². The topological polar surface area (TPSA) is 123 Å². The van der Waals surface area contributed by atoms with Gasteiger partial charge in [-0.15, -0.1) is 13.2 Å². The average molecular weight is 851 g/mol. The maximum atomic E-state index is 14.2. The highest BCUT2D eigenvalue weighted by Crippen LogP contribution is 2.64. The normalized spacial score (nSPS) is 20.3. The van der Waals surface area contributed by atoms with Crippen LogP contribution in [0.1, 0.15) is 47.9 Å². The summed E-state index contributed by atoms with van der Waals surface area (Å²) in [5, 5.41) is 25.3. The van der Waals surface area contributed by atoms with Crippen molar-refractivity contribution in [3.8, 4) is 0 Å². The van der Waals surface area contributed by atoms with Gasteiger partial charge in [-0.25, -0.2) is 9.59 Å². The third kappa shape index (κ3) is 11.3. The van der Waals surface area contributed by atoms with Crippen LogP contribution in [0.2, 0.25) is 0 Å². The van der Waals surface area contributed by atoms with E-state index in [-0.39, 0.29) is 53.8 Å². The number of alkyl halides is 17. The Morgan fingerprint density at radius 3 is 1.60 bits per heavy atom. The van der Waals surface area contributed by atoms with E-state index in [4.69, 9.17) is 10.2 Å². The van der Waals surface area contributed by atoms with Crippen molar-refractivity contribution in [3.05, 3.63) is 13.2 Å². The molecule has 2 unspecified atom stereocenters. The van der Waals surface area contributed by atoms with E-state index in [1.54, 1.807) is 20.8 Å². The fourth-order valence-electron chi connectivity index (χ4n) is 5.80. The molecular formula is C29H43F17N4O5. The molecule has 26 heteroatoms. The van der Waals surface area contributed by atoms with Crippen LogP contribution in [-0.2, 0) is 4.74 Å². The van der Waals surface area contributed by atoms with Crippen molar-refractivity contribution in [3.63, 3.8) is 0 Å². The SMILES string of the molecule is C=C.CC1(C)CC(NC(=O)OCCC(F)(F)C(F)(F)C(F)(F)C(F)(F)C(F)(F)C(F)(F)C(F)(F)C(F)(F)F)CC(C)(CNC(=O)NCN(CCO)CCO)C1.[HH]. The second kappa shape index (κ2) is 18.1. The molecule has 0 saturated heterocycles. The standard InChI is InChI=1S/C27H37F17N4O5.C2H4.H2/c1-18(2)10-15(11-19(3,12-18)13-45-16(51)46-14-48(5-7-49)6-8-50)47-17(52)53-9-4-20(28,29)21(30,31)22(32,33)23(34,35)24(36,37)25(38,39)26(40,41)27(42,43)44;1-2;/h15,49-50H,4-14H2,1-3H3,(H,47,52)(H2,45,46,51);1-2H2;1H. The van der Waals surface area contributed by atoms with Crippen molar-refractivity contribution in [2.45, 2.75) is 100 Å². The number of aliphatic hydroxyl groups excluding tert-OH is 2. The first-order valence-electron chi connectivity index (χ1n) is 15.6. The minimum atomic E-state index is -8.73. The van der Waals surface area contributed by atoms with Gasteiger partial charge in [0.05, 0.1) is 32.9 Å². The molecule has 1 fully saturated rings. The zero-order valence-electron chi connectivity index (χ0n) is 29.3. The lowest BCUT2D eigenvalue weighted by atomic mass is 9.62. The number of nitrogens with zero attached hydrogens (tertiary/aromatic N) is 1. The van der Waals surface area contributed by atoms with E-state index in [0.29, 0.717) is 6.42 Å². The lowest BCUT2D eigenvalue weighted by Gasteiger charge is -2.46. The summed E-state index contributed by atoms with van der Waals surface area (Å²) >= 11 is 0. The molecule has 1 rings (SSSR count). The zero-order chi connectivity index (χ0) is 43.9. The molecule has 2 atom stereocenters. The number of alkyl carbamates (subject to hydrolysis) is 1. The summed E-state index contributed by atoms with van der Waals surface area (Å²) in [4.78, 5) is 26.1. The van der Waals surface area contributed by atoms with Crippen LogP contribution in [0.15, 0.2) is 13.2 Å². The lowest BCUT2D eigenvalue weighted by molar-refractivity contribution is -0.461. The predicted octanol–water partition coefficient (Wildman–Crippen LogP) is 7.29. The Hall–Kier alpha value is -3.03. The minimum Gasteiger partial charge on any atom is -0.449 e. The van der Waals surface area contributed by atoms with Crippen molar-refractivity contribution < 1.29 is 101 Å². The van der Waals surface area contributed by atoms with Gasteiger partial charge in [0.2, 0.25) is 0 Å². The van der Waals surface area contributed by atoms with Crippen LogP contribution in [0, 0.1) is 10.8 Å². The van der Waals surface area contributed by atoms with Gasteiger partial charge in [-0.05, 0) is 30.1 Å². The molecule has 0 aliphatic heterocycles. The lowest BCUT2D eigenvalue weighted by Crippen LogP contribution is -2.74.